The largest absolute Gasteiger partial charge is 0.389 e. The number of aliphatic hydroxyl groups is 1. The van der Waals surface area contributed by atoms with Crippen LogP contribution in [0.1, 0.15) is 18.6 Å². The van der Waals surface area contributed by atoms with Crippen molar-refractivity contribution >= 4 is 21.5 Å². The van der Waals surface area contributed by atoms with Crippen molar-refractivity contribution in [3.05, 3.63) is 60.2 Å². The minimum absolute atomic E-state index is 0.418. The van der Waals surface area contributed by atoms with E-state index in [2.05, 4.69) is 42.5 Å². The van der Waals surface area contributed by atoms with Crippen LogP contribution in [0, 0.1) is 0 Å². The average molecular weight is 222 g/mol. The molecular formula is C16H14O. The van der Waals surface area contributed by atoms with Crippen molar-refractivity contribution in [2.75, 3.05) is 0 Å². The molecule has 0 unspecified atom stereocenters. The number of aliphatic hydroxyl groups excluding tert-OH is 1. The van der Waals surface area contributed by atoms with Crippen LogP contribution >= 0.6 is 0 Å². The van der Waals surface area contributed by atoms with Gasteiger partial charge in [0, 0.05) is 0 Å². The molecule has 84 valence electrons. The summed E-state index contributed by atoms with van der Waals surface area (Å²) in [6, 6.07) is 18.8. The lowest BCUT2D eigenvalue weighted by Gasteiger charge is -2.08. The van der Waals surface area contributed by atoms with Crippen LogP contribution in [0.3, 0.4) is 0 Å². The van der Waals surface area contributed by atoms with E-state index in [9.17, 15) is 5.11 Å². The van der Waals surface area contributed by atoms with Crippen LogP contribution in [0.2, 0.25) is 0 Å². The Labute approximate surface area is 100 Å². The molecule has 0 saturated heterocycles. The van der Waals surface area contributed by atoms with E-state index in [1.54, 1.807) is 6.92 Å². The highest BCUT2D eigenvalue weighted by molar-refractivity contribution is 6.07. The van der Waals surface area contributed by atoms with Crippen LogP contribution < -0.4 is 0 Å². The highest BCUT2D eigenvalue weighted by atomic mass is 16.3. The standard InChI is InChI=1S/C16H14O/c1-11(17)14-9-8-13-7-6-12-4-2-3-5-15(12)16(13)10-14/h2-11,17H,1H3/t11-/m0/s1. The van der Waals surface area contributed by atoms with E-state index in [1.807, 2.05) is 12.1 Å². The molecule has 0 aliphatic heterocycles. The molecule has 1 nitrogen and oxygen atoms in total. The first-order chi connectivity index (χ1) is 8.25. The van der Waals surface area contributed by atoms with Crippen LogP contribution in [-0.4, -0.2) is 5.11 Å². The Morgan fingerprint density at radius 1 is 0.824 bits per heavy atom. The average Bonchev–Trinajstić information content (AvgIpc) is 2.38. The maximum absolute atomic E-state index is 9.66. The molecule has 0 radical (unpaired) electrons. The van der Waals surface area contributed by atoms with Gasteiger partial charge in [-0.2, -0.15) is 0 Å². The minimum Gasteiger partial charge on any atom is -0.389 e. The van der Waals surface area contributed by atoms with Crippen molar-refractivity contribution < 1.29 is 5.11 Å². The van der Waals surface area contributed by atoms with E-state index in [0.29, 0.717) is 0 Å². The summed E-state index contributed by atoms with van der Waals surface area (Å²) in [7, 11) is 0. The molecule has 0 heterocycles. The lowest BCUT2D eigenvalue weighted by molar-refractivity contribution is 0.199. The zero-order chi connectivity index (χ0) is 11.8. The number of rotatable bonds is 1. The van der Waals surface area contributed by atoms with Gasteiger partial charge in [-0.1, -0.05) is 48.5 Å². The zero-order valence-electron chi connectivity index (χ0n) is 9.72. The Morgan fingerprint density at radius 2 is 1.47 bits per heavy atom. The first-order valence-corrected chi connectivity index (χ1v) is 5.85. The van der Waals surface area contributed by atoms with Crippen LogP contribution in [-0.2, 0) is 0 Å². The Kier molecular flexibility index (Phi) is 2.34. The summed E-state index contributed by atoms with van der Waals surface area (Å²) in [4.78, 5) is 0. The Balaban J connectivity index is 2.42. The van der Waals surface area contributed by atoms with Crippen molar-refractivity contribution in [1.82, 2.24) is 0 Å². The number of benzene rings is 3. The maximum atomic E-state index is 9.66. The molecule has 0 spiro atoms. The van der Waals surface area contributed by atoms with Gasteiger partial charge in [-0.05, 0) is 40.1 Å². The van der Waals surface area contributed by atoms with Gasteiger partial charge < -0.3 is 5.11 Å². The zero-order valence-corrected chi connectivity index (χ0v) is 9.72. The van der Waals surface area contributed by atoms with E-state index in [0.717, 1.165) is 5.56 Å². The highest BCUT2D eigenvalue weighted by Crippen LogP contribution is 2.27. The van der Waals surface area contributed by atoms with Gasteiger partial charge in [0.25, 0.3) is 0 Å². The smallest absolute Gasteiger partial charge is 0.0762 e. The van der Waals surface area contributed by atoms with Gasteiger partial charge in [-0.25, -0.2) is 0 Å². The van der Waals surface area contributed by atoms with Gasteiger partial charge in [0.2, 0.25) is 0 Å². The molecule has 0 aliphatic rings. The molecule has 3 aromatic rings. The summed E-state index contributed by atoms with van der Waals surface area (Å²) in [6.45, 7) is 1.80. The van der Waals surface area contributed by atoms with Gasteiger partial charge >= 0.3 is 0 Å². The van der Waals surface area contributed by atoms with Gasteiger partial charge in [0.05, 0.1) is 6.10 Å². The van der Waals surface area contributed by atoms with Gasteiger partial charge in [-0.3, -0.25) is 0 Å². The van der Waals surface area contributed by atoms with Crippen molar-refractivity contribution in [1.29, 1.82) is 0 Å². The molecule has 0 bridgehead atoms. The molecular weight excluding hydrogens is 208 g/mol. The molecule has 0 saturated carbocycles. The quantitative estimate of drug-likeness (QED) is 0.616. The van der Waals surface area contributed by atoms with Crippen LogP contribution in [0.4, 0.5) is 0 Å². The molecule has 1 N–H and O–H groups in total. The van der Waals surface area contributed by atoms with Gasteiger partial charge in [0.15, 0.2) is 0 Å². The summed E-state index contributed by atoms with van der Waals surface area (Å²) in [5.74, 6) is 0. The van der Waals surface area contributed by atoms with Crippen molar-refractivity contribution in [3.63, 3.8) is 0 Å². The molecule has 17 heavy (non-hydrogen) atoms. The first-order valence-electron chi connectivity index (χ1n) is 5.85. The Morgan fingerprint density at radius 3 is 2.24 bits per heavy atom. The van der Waals surface area contributed by atoms with E-state index >= 15 is 0 Å². The monoisotopic (exact) mass is 222 g/mol. The third-order valence-corrected chi connectivity index (χ3v) is 3.25. The fraction of sp³-hybridized carbons (Fsp3) is 0.125. The molecule has 0 fully saturated rings. The SMILES string of the molecule is C[C@H](O)c1ccc2ccc3ccccc3c2c1. The molecule has 3 aromatic carbocycles. The molecule has 0 aliphatic carbocycles. The lowest BCUT2D eigenvalue weighted by atomic mass is 9.99. The summed E-state index contributed by atoms with van der Waals surface area (Å²) in [5, 5.41) is 14.6. The number of hydrogen-bond donors (Lipinski definition) is 1. The highest BCUT2D eigenvalue weighted by Gasteiger charge is 2.04. The first kappa shape index (κ1) is 10.3. The summed E-state index contributed by atoms with van der Waals surface area (Å²) in [5.41, 5.74) is 0.967. The van der Waals surface area contributed by atoms with E-state index < -0.39 is 6.10 Å². The molecule has 0 aromatic heterocycles. The van der Waals surface area contributed by atoms with Gasteiger partial charge in [-0.15, -0.1) is 0 Å². The van der Waals surface area contributed by atoms with Crippen molar-refractivity contribution in [2.24, 2.45) is 0 Å². The minimum atomic E-state index is -0.418. The van der Waals surface area contributed by atoms with Crippen molar-refractivity contribution in [2.45, 2.75) is 13.0 Å². The van der Waals surface area contributed by atoms with Crippen LogP contribution in [0.5, 0.6) is 0 Å². The molecule has 1 atom stereocenters. The second-order valence-corrected chi connectivity index (χ2v) is 4.44. The van der Waals surface area contributed by atoms with Crippen LogP contribution in [0.15, 0.2) is 54.6 Å². The summed E-state index contributed by atoms with van der Waals surface area (Å²) >= 11 is 0. The van der Waals surface area contributed by atoms with E-state index in [4.69, 9.17) is 0 Å². The topological polar surface area (TPSA) is 20.2 Å². The molecule has 1 heteroatoms. The second kappa shape index (κ2) is 3.86. The van der Waals surface area contributed by atoms with Crippen LogP contribution in [0.25, 0.3) is 21.5 Å². The number of hydrogen-bond acceptors (Lipinski definition) is 1. The van der Waals surface area contributed by atoms with Gasteiger partial charge in [0.1, 0.15) is 0 Å². The summed E-state index contributed by atoms with van der Waals surface area (Å²) in [6.07, 6.45) is -0.418. The predicted octanol–water partition coefficient (Wildman–Crippen LogP) is 4.05. The maximum Gasteiger partial charge on any atom is 0.0762 e. The Bertz CT molecular complexity index is 683. The molecule has 0 amide bonds. The Hall–Kier alpha value is -1.86. The second-order valence-electron chi connectivity index (χ2n) is 4.44. The molecule has 3 rings (SSSR count). The normalized spacial score (nSPS) is 13.1. The predicted molar refractivity (Wildman–Crippen MR) is 72.1 cm³/mol. The number of fused-ring (bicyclic) bond motifs is 3. The van der Waals surface area contributed by atoms with E-state index in [-0.39, 0.29) is 0 Å². The third kappa shape index (κ3) is 1.69. The third-order valence-electron chi connectivity index (χ3n) is 3.25. The van der Waals surface area contributed by atoms with E-state index in [1.165, 1.54) is 21.5 Å². The fourth-order valence-corrected chi connectivity index (χ4v) is 2.28. The van der Waals surface area contributed by atoms with Crippen molar-refractivity contribution in [3.8, 4) is 0 Å². The summed E-state index contributed by atoms with van der Waals surface area (Å²) < 4.78 is 0. The lowest BCUT2D eigenvalue weighted by Crippen LogP contribution is -1.90. The fourth-order valence-electron chi connectivity index (χ4n) is 2.28.